The monoisotopic (exact) mass is 561 g/mol. The van der Waals surface area contributed by atoms with E-state index in [-0.39, 0.29) is 17.5 Å². The van der Waals surface area contributed by atoms with Crippen LogP contribution in [0.3, 0.4) is 0 Å². The third kappa shape index (κ3) is 6.32. The van der Waals surface area contributed by atoms with E-state index in [1.54, 1.807) is 13.0 Å². The van der Waals surface area contributed by atoms with Gasteiger partial charge in [-0.3, -0.25) is 4.79 Å². The first-order valence-corrected chi connectivity index (χ1v) is 14.3. The molecule has 0 unspecified atom stereocenters. The number of alkyl halides is 3. The van der Waals surface area contributed by atoms with E-state index in [1.165, 1.54) is 6.07 Å². The summed E-state index contributed by atoms with van der Waals surface area (Å²) in [5.74, 6) is 0.00241. The Bertz CT molecular complexity index is 1260. The van der Waals surface area contributed by atoms with E-state index < -0.39 is 31.7 Å². The van der Waals surface area contributed by atoms with E-state index in [2.05, 4.69) is 5.32 Å². The van der Waals surface area contributed by atoms with Crippen LogP contribution < -0.4 is 10.5 Å². The molecule has 1 aromatic carbocycles. The van der Waals surface area contributed by atoms with Crippen molar-refractivity contribution in [3.63, 3.8) is 0 Å². The highest BCUT2D eigenvalue weighted by Crippen LogP contribution is 2.41. The fraction of sp³-hybridized carbons (Fsp3) is 0.560. The number of aromatic nitrogens is 1. The largest absolute Gasteiger partial charge is 0.417 e. The Balaban J connectivity index is 1.82. The molecular formula is C25H31ClF3N3O4S. The topological polar surface area (TPSA) is 103 Å². The third-order valence-electron chi connectivity index (χ3n) is 7.26. The van der Waals surface area contributed by atoms with Gasteiger partial charge < -0.3 is 14.6 Å². The number of amides is 1. The molecule has 0 radical (unpaired) electrons. The minimum atomic E-state index is -5.01. The molecule has 4 rings (SSSR count). The van der Waals surface area contributed by atoms with Crippen LogP contribution in [0.25, 0.3) is 11.3 Å². The number of rotatable bonds is 6. The van der Waals surface area contributed by atoms with E-state index in [1.807, 2.05) is 4.57 Å². The SMILES string of the molecule is Cc1c(C(=O)NC2CCOCC2)cc(-c2cc(Cl)c(S(N)(=O)=O)c(C(F)(F)F)c2)n1CC1CCCCC1. The number of carbonyl (C=O) groups excluding carboxylic acids is 1. The zero-order valence-corrected chi connectivity index (χ0v) is 22.1. The Kier molecular flexibility index (Phi) is 8.27. The summed E-state index contributed by atoms with van der Waals surface area (Å²) in [6, 6.07) is 3.43. The van der Waals surface area contributed by atoms with Crippen molar-refractivity contribution in [2.75, 3.05) is 13.2 Å². The fourth-order valence-corrected chi connectivity index (χ4v) is 6.68. The molecule has 0 bridgehead atoms. The average Bonchev–Trinajstić information content (AvgIpc) is 3.14. The Morgan fingerprint density at radius 2 is 1.78 bits per heavy atom. The lowest BCUT2D eigenvalue weighted by Crippen LogP contribution is -2.39. The van der Waals surface area contributed by atoms with Crippen LogP contribution in [0, 0.1) is 12.8 Å². The molecule has 204 valence electrons. The molecule has 2 aromatic rings. The van der Waals surface area contributed by atoms with Crippen LogP contribution in [0.15, 0.2) is 23.1 Å². The molecule has 2 aliphatic rings. The number of ether oxygens (including phenoxy) is 1. The van der Waals surface area contributed by atoms with Gasteiger partial charge in [-0.2, -0.15) is 13.2 Å². The highest BCUT2D eigenvalue weighted by atomic mass is 35.5. The fourth-order valence-electron chi connectivity index (χ4n) is 5.32. The van der Waals surface area contributed by atoms with Gasteiger partial charge in [-0.15, -0.1) is 0 Å². The molecular weight excluding hydrogens is 531 g/mol. The molecule has 2 fully saturated rings. The Labute approximate surface area is 219 Å². The van der Waals surface area contributed by atoms with Crippen LogP contribution in [0.1, 0.15) is 66.6 Å². The maximum absolute atomic E-state index is 13.9. The van der Waals surface area contributed by atoms with Gasteiger partial charge in [0.15, 0.2) is 0 Å². The summed E-state index contributed by atoms with van der Waals surface area (Å²) < 4.78 is 73.0. The predicted molar refractivity (Wildman–Crippen MR) is 134 cm³/mol. The minimum Gasteiger partial charge on any atom is -0.381 e. The lowest BCUT2D eigenvalue weighted by atomic mass is 9.89. The van der Waals surface area contributed by atoms with Crippen LogP contribution in [-0.2, 0) is 27.5 Å². The number of hydrogen-bond donors (Lipinski definition) is 2. The zero-order chi connectivity index (χ0) is 27.0. The number of nitrogens with zero attached hydrogens (tertiary/aromatic N) is 1. The first kappa shape index (κ1) is 27.9. The number of benzene rings is 1. The van der Waals surface area contributed by atoms with E-state index in [9.17, 15) is 26.4 Å². The number of carbonyl (C=O) groups is 1. The number of nitrogens with two attached hydrogens (primary N) is 1. The molecule has 0 atom stereocenters. The van der Waals surface area contributed by atoms with E-state index >= 15 is 0 Å². The first-order valence-electron chi connectivity index (χ1n) is 12.4. The van der Waals surface area contributed by atoms with Crippen molar-refractivity contribution in [1.82, 2.24) is 9.88 Å². The summed E-state index contributed by atoms with van der Waals surface area (Å²) in [6.45, 7) is 3.40. The molecule has 1 amide bonds. The quantitative estimate of drug-likeness (QED) is 0.501. The van der Waals surface area contributed by atoms with Gasteiger partial charge in [-0.25, -0.2) is 13.6 Å². The van der Waals surface area contributed by atoms with Crippen molar-refractivity contribution in [2.24, 2.45) is 11.1 Å². The third-order valence-corrected chi connectivity index (χ3v) is 8.68. The summed E-state index contributed by atoms with van der Waals surface area (Å²) in [5.41, 5.74) is -0.0149. The number of sulfonamides is 1. The minimum absolute atomic E-state index is 0.0499. The second-order valence-electron chi connectivity index (χ2n) is 9.88. The van der Waals surface area contributed by atoms with Crippen LogP contribution >= 0.6 is 11.6 Å². The summed E-state index contributed by atoms with van der Waals surface area (Å²) in [6.07, 6.45) is 1.61. The van der Waals surface area contributed by atoms with Gasteiger partial charge >= 0.3 is 6.18 Å². The highest BCUT2D eigenvalue weighted by Gasteiger charge is 2.39. The van der Waals surface area contributed by atoms with Crippen LogP contribution in [0.5, 0.6) is 0 Å². The zero-order valence-electron chi connectivity index (χ0n) is 20.5. The van der Waals surface area contributed by atoms with Crippen LogP contribution in [0.4, 0.5) is 13.2 Å². The molecule has 37 heavy (non-hydrogen) atoms. The van der Waals surface area contributed by atoms with Gasteiger partial charge in [0.2, 0.25) is 10.0 Å². The number of nitrogens with one attached hydrogen (secondary N) is 1. The maximum Gasteiger partial charge on any atom is 0.417 e. The van der Waals surface area contributed by atoms with Crippen molar-refractivity contribution in [1.29, 1.82) is 0 Å². The average molecular weight is 562 g/mol. The summed E-state index contributed by atoms with van der Waals surface area (Å²) >= 11 is 6.10. The van der Waals surface area contributed by atoms with Crippen molar-refractivity contribution in [2.45, 2.75) is 75.5 Å². The highest BCUT2D eigenvalue weighted by molar-refractivity contribution is 7.89. The van der Waals surface area contributed by atoms with Crippen LogP contribution in [-0.4, -0.2) is 38.1 Å². The van der Waals surface area contributed by atoms with Crippen molar-refractivity contribution in [3.8, 4) is 11.3 Å². The number of hydrogen-bond acceptors (Lipinski definition) is 4. The van der Waals surface area contributed by atoms with Gasteiger partial charge in [-0.05, 0) is 56.7 Å². The molecule has 1 aromatic heterocycles. The molecule has 1 saturated heterocycles. The van der Waals surface area contributed by atoms with Gasteiger partial charge in [0.05, 0.1) is 16.1 Å². The Morgan fingerprint density at radius 3 is 2.38 bits per heavy atom. The molecule has 0 spiro atoms. The molecule has 7 nitrogen and oxygen atoms in total. The molecule has 3 N–H and O–H groups in total. The summed E-state index contributed by atoms with van der Waals surface area (Å²) in [7, 11) is -4.74. The normalized spacial score (nSPS) is 18.2. The Hall–Kier alpha value is -2.08. The van der Waals surface area contributed by atoms with Crippen molar-refractivity contribution in [3.05, 3.63) is 40.0 Å². The first-order chi connectivity index (χ1) is 17.4. The van der Waals surface area contributed by atoms with Crippen molar-refractivity contribution < 1.29 is 31.1 Å². The summed E-state index contributed by atoms with van der Waals surface area (Å²) in [5, 5.41) is 7.47. The maximum atomic E-state index is 13.9. The molecule has 1 aliphatic heterocycles. The lowest BCUT2D eigenvalue weighted by Gasteiger charge is -2.25. The molecule has 1 aliphatic carbocycles. The summed E-state index contributed by atoms with van der Waals surface area (Å²) in [4.78, 5) is 12.1. The smallest absolute Gasteiger partial charge is 0.381 e. The van der Waals surface area contributed by atoms with E-state index in [4.69, 9.17) is 21.5 Å². The number of halogens is 4. The predicted octanol–water partition coefficient (Wildman–Crippen LogP) is 5.27. The number of primary sulfonamides is 1. The molecule has 1 saturated carbocycles. The van der Waals surface area contributed by atoms with Gasteiger partial charge in [-0.1, -0.05) is 30.9 Å². The van der Waals surface area contributed by atoms with Gasteiger partial charge in [0.25, 0.3) is 5.91 Å². The van der Waals surface area contributed by atoms with E-state index in [0.29, 0.717) is 55.5 Å². The van der Waals surface area contributed by atoms with E-state index in [0.717, 1.165) is 38.2 Å². The van der Waals surface area contributed by atoms with Crippen LogP contribution in [0.2, 0.25) is 5.02 Å². The Morgan fingerprint density at radius 1 is 1.14 bits per heavy atom. The standard InChI is InChI=1S/C25H31ClF3N3O4S/c1-15-19(24(33)31-18-7-9-36-10-8-18)13-22(32(15)14-16-5-3-2-4-6-16)17-11-20(25(27,28)29)23(21(26)12-17)37(30,34)35/h11-13,16,18H,2-10,14H2,1H3,(H,31,33)(H2,30,34,35). The second-order valence-corrected chi connectivity index (χ2v) is 11.8. The molecule has 2 heterocycles. The lowest BCUT2D eigenvalue weighted by molar-refractivity contribution is -0.139. The second kappa shape index (κ2) is 11.0. The van der Waals surface area contributed by atoms with Gasteiger partial charge in [0, 0.05) is 42.8 Å². The van der Waals surface area contributed by atoms with Crippen molar-refractivity contribution >= 4 is 27.5 Å². The van der Waals surface area contributed by atoms with Gasteiger partial charge in [0.1, 0.15) is 4.90 Å². The molecule has 12 heteroatoms.